The second-order valence-electron chi connectivity index (χ2n) is 4.68. The van der Waals surface area contributed by atoms with Crippen molar-refractivity contribution in [2.45, 2.75) is 19.4 Å². The number of pyridine rings is 1. The number of hydrogen-bond donors (Lipinski definition) is 2. The molecule has 0 aromatic carbocycles. The Kier molecular flexibility index (Phi) is 3.12. The van der Waals surface area contributed by atoms with E-state index in [1.165, 1.54) is 11.3 Å². The fourth-order valence-corrected chi connectivity index (χ4v) is 3.20. The number of aromatic nitrogens is 1. The molecule has 1 saturated heterocycles. The predicted molar refractivity (Wildman–Crippen MR) is 75.5 cm³/mol. The van der Waals surface area contributed by atoms with Crippen LogP contribution in [-0.2, 0) is 4.74 Å². The molecule has 1 aliphatic rings. The number of anilines is 1. The summed E-state index contributed by atoms with van der Waals surface area (Å²) in [7, 11) is 0. The maximum Gasteiger partial charge on any atom is 0.263 e. The Morgan fingerprint density at radius 1 is 1.58 bits per heavy atom. The summed E-state index contributed by atoms with van der Waals surface area (Å²) in [5.74, 6) is -0.131. The third kappa shape index (κ3) is 2.29. The summed E-state index contributed by atoms with van der Waals surface area (Å²) < 4.78 is 5.24. The zero-order valence-corrected chi connectivity index (χ0v) is 11.4. The van der Waals surface area contributed by atoms with E-state index in [0.717, 1.165) is 22.3 Å². The van der Waals surface area contributed by atoms with E-state index in [0.29, 0.717) is 23.8 Å². The normalized spacial score (nSPS) is 18.9. The summed E-state index contributed by atoms with van der Waals surface area (Å²) in [6, 6.07) is 3.91. The summed E-state index contributed by atoms with van der Waals surface area (Å²) in [4.78, 5) is 18.0. The SMILES string of the molecule is Cc1ccc2c(N)c(C(=O)NC3CCOC3)sc2n1. The molecular weight excluding hydrogens is 262 g/mol. The van der Waals surface area contributed by atoms with Crippen molar-refractivity contribution in [3.05, 3.63) is 22.7 Å². The molecule has 100 valence electrons. The fourth-order valence-electron chi connectivity index (χ4n) is 2.16. The number of carbonyl (C=O) groups is 1. The topological polar surface area (TPSA) is 77.2 Å². The van der Waals surface area contributed by atoms with Gasteiger partial charge in [-0.2, -0.15) is 0 Å². The number of fused-ring (bicyclic) bond motifs is 1. The van der Waals surface area contributed by atoms with Crippen LogP contribution in [0, 0.1) is 6.92 Å². The van der Waals surface area contributed by atoms with Gasteiger partial charge in [0.2, 0.25) is 0 Å². The number of nitrogen functional groups attached to an aromatic ring is 1. The third-order valence-corrected chi connectivity index (χ3v) is 4.32. The number of amides is 1. The first kappa shape index (κ1) is 12.4. The van der Waals surface area contributed by atoms with E-state index in [1.807, 2.05) is 19.1 Å². The molecule has 2 aromatic heterocycles. The summed E-state index contributed by atoms with van der Waals surface area (Å²) in [5, 5.41) is 3.80. The van der Waals surface area contributed by atoms with Crippen LogP contribution in [0.25, 0.3) is 10.2 Å². The van der Waals surface area contributed by atoms with Crippen molar-refractivity contribution in [3.8, 4) is 0 Å². The molecule has 3 heterocycles. The summed E-state index contributed by atoms with van der Waals surface area (Å²) in [5.41, 5.74) is 7.48. The van der Waals surface area contributed by atoms with E-state index in [9.17, 15) is 4.79 Å². The van der Waals surface area contributed by atoms with Crippen LogP contribution in [0.2, 0.25) is 0 Å². The van der Waals surface area contributed by atoms with Gasteiger partial charge in [-0.25, -0.2) is 4.98 Å². The highest BCUT2D eigenvalue weighted by Gasteiger charge is 2.22. The van der Waals surface area contributed by atoms with Crippen molar-refractivity contribution in [3.63, 3.8) is 0 Å². The third-order valence-electron chi connectivity index (χ3n) is 3.20. The number of hydrogen-bond acceptors (Lipinski definition) is 5. The van der Waals surface area contributed by atoms with E-state index in [4.69, 9.17) is 10.5 Å². The Labute approximate surface area is 114 Å². The fraction of sp³-hybridized carbons (Fsp3) is 0.385. The highest BCUT2D eigenvalue weighted by Crippen LogP contribution is 2.32. The van der Waals surface area contributed by atoms with Gasteiger partial charge in [-0.1, -0.05) is 0 Å². The Morgan fingerprint density at radius 2 is 2.42 bits per heavy atom. The number of aryl methyl sites for hydroxylation is 1. The molecule has 5 nitrogen and oxygen atoms in total. The van der Waals surface area contributed by atoms with Crippen molar-refractivity contribution in [1.82, 2.24) is 10.3 Å². The van der Waals surface area contributed by atoms with Crippen LogP contribution in [-0.4, -0.2) is 30.1 Å². The van der Waals surface area contributed by atoms with Gasteiger partial charge in [0.1, 0.15) is 9.71 Å². The lowest BCUT2D eigenvalue weighted by atomic mass is 10.2. The second-order valence-corrected chi connectivity index (χ2v) is 5.68. The number of thiophene rings is 1. The van der Waals surface area contributed by atoms with Crippen LogP contribution < -0.4 is 11.1 Å². The van der Waals surface area contributed by atoms with Crippen LogP contribution in [0.15, 0.2) is 12.1 Å². The minimum atomic E-state index is -0.131. The van der Waals surface area contributed by atoms with Gasteiger partial charge in [0.25, 0.3) is 5.91 Å². The van der Waals surface area contributed by atoms with Crippen molar-refractivity contribution >= 4 is 33.1 Å². The predicted octanol–water partition coefficient (Wildman–Crippen LogP) is 1.71. The number of rotatable bonds is 2. The van der Waals surface area contributed by atoms with Crippen LogP contribution >= 0.6 is 11.3 Å². The van der Waals surface area contributed by atoms with Crippen LogP contribution in [0.5, 0.6) is 0 Å². The molecular formula is C13H15N3O2S. The van der Waals surface area contributed by atoms with E-state index in [-0.39, 0.29) is 11.9 Å². The Morgan fingerprint density at radius 3 is 3.16 bits per heavy atom. The number of nitrogens with one attached hydrogen (secondary N) is 1. The number of nitrogens with zero attached hydrogens (tertiary/aromatic N) is 1. The molecule has 1 atom stereocenters. The maximum atomic E-state index is 12.2. The molecule has 0 bridgehead atoms. The molecule has 19 heavy (non-hydrogen) atoms. The lowest BCUT2D eigenvalue weighted by molar-refractivity contribution is 0.0935. The molecule has 0 spiro atoms. The lowest BCUT2D eigenvalue weighted by Crippen LogP contribution is -2.34. The summed E-state index contributed by atoms with van der Waals surface area (Å²) >= 11 is 1.34. The van der Waals surface area contributed by atoms with Gasteiger partial charge in [0, 0.05) is 17.7 Å². The Balaban J connectivity index is 1.91. The smallest absolute Gasteiger partial charge is 0.263 e. The summed E-state index contributed by atoms with van der Waals surface area (Å²) in [6.07, 6.45) is 0.855. The zero-order chi connectivity index (χ0) is 13.4. The molecule has 6 heteroatoms. The molecule has 2 aromatic rings. The molecule has 1 amide bonds. The van der Waals surface area contributed by atoms with Gasteiger partial charge in [-0.15, -0.1) is 11.3 Å². The molecule has 1 fully saturated rings. The molecule has 0 saturated carbocycles. The highest BCUT2D eigenvalue weighted by molar-refractivity contribution is 7.21. The van der Waals surface area contributed by atoms with Gasteiger partial charge in [-0.3, -0.25) is 4.79 Å². The second kappa shape index (κ2) is 4.79. The average molecular weight is 277 g/mol. The average Bonchev–Trinajstić information content (AvgIpc) is 2.97. The molecule has 1 unspecified atom stereocenters. The molecule has 1 aliphatic heterocycles. The largest absolute Gasteiger partial charge is 0.397 e. The van der Waals surface area contributed by atoms with E-state index < -0.39 is 0 Å². The lowest BCUT2D eigenvalue weighted by Gasteiger charge is -2.09. The molecule has 0 radical (unpaired) electrons. The summed E-state index contributed by atoms with van der Waals surface area (Å²) in [6.45, 7) is 3.20. The number of ether oxygens (including phenoxy) is 1. The minimum absolute atomic E-state index is 0.0896. The quantitative estimate of drug-likeness (QED) is 0.876. The monoisotopic (exact) mass is 277 g/mol. The first-order chi connectivity index (χ1) is 9.15. The van der Waals surface area contributed by atoms with Crippen LogP contribution in [0.1, 0.15) is 21.8 Å². The maximum absolute atomic E-state index is 12.2. The van der Waals surface area contributed by atoms with Crippen LogP contribution in [0.3, 0.4) is 0 Å². The van der Waals surface area contributed by atoms with E-state index >= 15 is 0 Å². The van der Waals surface area contributed by atoms with Crippen molar-refractivity contribution in [1.29, 1.82) is 0 Å². The van der Waals surface area contributed by atoms with E-state index in [1.54, 1.807) is 0 Å². The molecule has 0 aliphatic carbocycles. The van der Waals surface area contributed by atoms with E-state index in [2.05, 4.69) is 10.3 Å². The molecule has 3 N–H and O–H groups in total. The number of carbonyl (C=O) groups excluding carboxylic acids is 1. The molecule has 3 rings (SSSR count). The van der Waals surface area contributed by atoms with Gasteiger partial charge in [-0.05, 0) is 25.5 Å². The van der Waals surface area contributed by atoms with Gasteiger partial charge in [0.15, 0.2) is 0 Å². The number of nitrogens with two attached hydrogens (primary N) is 1. The van der Waals surface area contributed by atoms with Crippen LogP contribution in [0.4, 0.5) is 5.69 Å². The van der Waals surface area contributed by atoms with Gasteiger partial charge < -0.3 is 15.8 Å². The van der Waals surface area contributed by atoms with Gasteiger partial charge >= 0.3 is 0 Å². The Bertz CT molecular complexity index is 632. The van der Waals surface area contributed by atoms with Crippen molar-refractivity contribution < 1.29 is 9.53 Å². The zero-order valence-electron chi connectivity index (χ0n) is 10.6. The first-order valence-electron chi connectivity index (χ1n) is 6.19. The standard InChI is InChI=1S/C13H15N3O2S/c1-7-2-3-9-10(14)11(19-13(9)15-7)12(17)16-8-4-5-18-6-8/h2-3,8H,4-6,14H2,1H3,(H,16,17). The van der Waals surface area contributed by atoms with Crippen molar-refractivity contribution in [2.75, 3.05) is 18.9 Å². The Hall–Kier alpha value is -1.66. The van der Waals surface area contributed by atoms with Gasteiger partial charge in [0.05, 0.1) is 18.3 Å². The first-order valence-corrected chi connectivity index (χ1v) is 7.01. The minimum Gasteiger partial charge on any atom is -0.397 e. The highest BCUT2D eigenvalue weighted by atomic mass is 32.1. The van der Waals surface area contributed by atoms with Crippen molar-refractivity contribution in [2.24, 2.45) is 0 Å².